The van der Waals surface area contributed by atoms with Crippen molar-refractivity contribution in [3.05, 3.63) is 29.8 Å². The Morgan fingerprint density at radius 1 is 1.15 bits per heavy atom. The number of nitrogens with one attached hydrogen (secondary N) is 2. The maximum Gasteiger partial charge on any atom is 0.191 e. The van der Waals surface area contributed by atoms with E-state index in [0.717, 1.165) is 30.7 Å². The normalized spacial score (nSPS) is 19.8. The third kappa shape index (κ3) is 5.63. The zero-order chi connectivity index (χ0) is 18.2. The lowest BCUT2D eigenvalue weighted by molar-refractivity contribution is 0.164. The molecule has 1 aromatic carbocycles. The smallest absolute Gasteiger partial charge is 0.191 e. The maximum absolute atomic E-state index is 5.32. The van der Waals surface area contributed by atoms with E-state index in [-0.39, 0.29) is 0 Å². The molecule has 1 aliphatic carbocycles. The Labute approximate surface area is 158 Å². The molecule has 3 rings (SSSR count). The van der Waals surface area contributed by atoms with Gasteiger partial charge in [0, 0.05) is 20.1 Å². The van der Waals surface area contributed by atoms with E-state index >= 15 is 0 Å². The standard InChI is InChI=1S/C21H34N4O/c1-22-21(23-13-12-17-6-7-17)24-16-20(25-14-4-3-5-15-25)18-8-10-19(26-2)11-9-18/h8-11,17,20H,3-7,12-16H2,1-2H3,(H2,22,23,24). The number of guanidine groups is 1. The van der Waals surface area contributed by atoms with Gasteiger partial charge in [0.1, 0.15) is 5.75 Å². The topological polar surface area (TPSA) is 48.9 Å². The van der Waals surface area contributed by atoms with Crippen LogP contribution in [0.25, 0.3) is 0 Å². The van der Waals surface area contributed by atoms with Gasteiger partial charge in [-0.2, -0.15) is 0 Å². The average Bonchev–Trinajstić information content (AvgIpc) is 3.52. The van der Waals surface area contributed by atoms with Crippen LogP contribution >= 0.6 is 0 Å². The molecule has 144 valence electrons. The zero-order valence-electron chi connectivity index (χ0n) is 16.3. The molecule has 1 saturated carbocycles. The number of ether oxygens (including phenoxy) is 1. The van der Waals surface area contributed by atoms with Crippen LogP contribution in [0.3, 0.4) is 0 Å². The van der Waals surface area contributed by atoms with Crippen molar-refractivity contribution >= 4 is 5.96 Å². The summed E-state index contributed by atoms with van der Waals surface area (Å²) >= 11 is 0. The first-order valence-corrected chi connectivity index (χ1v) is 10.1. The van der Waals surface area contributed by atoms with Crippen LogP contribution in [0.1, 0.15) is 50.1 Å². The molecule has 1 aliphatic heterocycles. The number of aliphatic imine (C=N–C) groups is 1. The second-order valence-corrected chi connectivity index (χ2v) is 7.50. The van der Waals surface area contributed by atoms with E-state index in [4.69, 9.17) is 4.74 Å². The molecule has 1 atom stereocenters. The van der Waals surface area contributed by atoms with Crippen molar-refractivity contribution in [2.45, 2.75) is 44.6 Å². The van der Waals surface area contributed by atoms with Gasteiger partial charge in [-0.1, -0.05) is 31.4 Å². The summed E-state index contributed by atoms with van der Waals surface area (Å²) < 4.78 is 5.32. The fraction of sp³-hybridized carbons (Fsp3) is 0.667. The molecule has 0 amide bonds. The van der Waals surface area contributed by atoms with Crippen LogP contribution < -0.4 is 15.4 Å². The number of methoxy groups -OCH3 is 1. The minimum absolute atomic E-state index is 0.364. The largest absolute Gasteiger partial charge is 0.497 e. The average molecular weight is 359 g/mol. The van der Waals surface area contributed by atoms with Crippen LogP contribution in [-0.2, 0) is 0 Å². The predicted octanol–water partition coefficient (Wildman–Crippen LogP) is 3.19. The van der Waals surface area contributed by atoms with Gasteiger partial charge in [-0.25, -0.2) is 0 Å². The molecule has 1 heterocycles. The highest BCUT2D eigenvalue weighted by Crippen LogP contribution is 2.31. The minimum Gasteiger partial charge on any atom is -0.497 e. The monoisotopic (exact) mass is 358 g/mol. The van der Waals surface area contributed by atoms with Gasteiger partial charge in [0.25, 0.3) is 0 Å². The quantitative estimate of drug-likeness (QED) is 0.553. The molecular formula is C21H34N4O. The van der Waals surface area contributed by atoms with Crippen LogP contribution in [0, 0.1) is 5.92 Å². The summed E-state index contributed by atoms with van der Waals surface area (Å²) in [6.07, 6.45) is 8.00. The van der Waals surface area contributed by atoms with Crippen molar-refractivity contribution < 1.29 is 4.74 Å². The van der Waals surface area contributed by atoms with E-state index in [0.29, 0.717) is 6.04 Å². The van der Waals surface area contributed by atoms with Gasteiger partial charge in [-0.15, -0.1) is 0 Å². The lowest BCUT2D eigenvalue weighted by Crippen LogP contribution is -2.44. The van der Waals surface area contributed by atoms with E-state index in [1.807, 2.05) is 7.05 Å². The molecule has 2 N–H and O–H groups in total. The summed E-state index contributed by atoms with van der Waals surface area (Å²) in [6.45, 7) is 4.23. The minimum atomic E-state index is 0.364. The van der Waals surface area contributed by atoms with Gasteiger partial charge < -0.3 is 15.4 Å². The Bertz CT molecular complexity index is 562. The summed E-state index contributed by atoms with van der Waals surface area (Å²) in [7, 11) is 3.58. The third-order valence-electron chi connectivity index (χ3n) is 5.56. The Morgan fingerprint density at radius 3 is 2.50 bits per heavy atom. The number of benzene rings is 1. The molecule has 2 fully saturated rings. The number of likely N-dealkylation sites (tertiary alicyclic amines) is 1. The number of piperidine rings is 1. The highest BCUT2D eigenvalue weighted by atomic mass is 16.5. The van der Waals surface area contributed by atoms with Crippen molar-refractivity contribution in [2.75, 3.05) is 40.3 Å². The van der Waals surface area contributed by atoms with Gasteiger partial charge in [0.2, 0.25) is 0 Å². The number of hydrogen-bond acceptors (Lipinski definition) is 3. The molecule has 26 heavy (non-hydrogen) atoms. The number of nitrogens with zero attached hydrogens (tertiary/aromatic N) is 2. The Balaban J connectivity index is 1.59. The lowest BCUT2D eigenvalue weighted by atomic mass is 10.0. The summed E-state index contributed by atoms with van der Waals surface area (Å²) in [6, 6.07) is 8.89. The third-order valence-corrected chi connectivity index (χ3v) is 5.56. The summed E-state index contributed by atoms with van der Waals surface area (Å²) in [5.41, 5.74) is 1.34. The molecule has 1 aromatic rings. The Hall–Kier alpha value is -1.75. The predicted molar refractivity (Wildman–Crippen MR) is 108 cm³/mol. The Kier molecular flexibility index (Phi) is 7.18. The molecular weight excluding hydrogens is 324 g/mol. The SMILES string of the molecule is CN=C(NCCC1CC1)NCC(c1ccc(OC)cc1)N1CCCCC1. The molecule has 0 radical (unpaired) electrons. The van der Waals surface area contributed by atoms with Crippen molar-refractivity contribution in [2.24, 2.45) is 10.9 Å². The highest BCUT2D eigenvalue weighted by molar-refractivity contribution is 5.79. The second kappa shape index (κ2) is 9.81. The highest BCUT2D eigenvalue weighted by Gasteiger charge is 2.23. The van der Waals surface area contributed by atoms with Crippen molar-refractivity contribution in [1.82, 2.24) is 15.5 Å². The van der Waals surface area contributed by atoms with Gasteiger partial charge >= 0.3 is 0 Å². The van der Waals surface area contributed by atoms with Crippen LogP contribution in [0.15, 0.2) is 29.3 Å². The summed E-state index contributed by atoms with van der Waals surface area (Å²) in [5.74, 6) is 2.78. The number of hydrogen-bond donors (Lipinski definition) is 2. The van der Waals surface area contributed by atoms with E-state index in [9.17, 15) is 0 Å². The summed E-state index contributed by atoms with van der Waals surface area (Å²) in [4.78, 5) is 7.01. The molecule has 0 spiro atoms. The number of rotatable bonds is 8. The first-order valence-electron chi connectivity index (χ1n) is 10.1. The fourth-order valence-corrected chi connectivity index (χ4v) is 3.73. The van der Waals surface area contributed by atoms with E-state index in [1.165, 1.54) is 57.2 Å². The molecule has 0 bridgehead atoms. The van der Waals surface area contributed by atoms with E-state index in [2.05, 4.69) is 44.8 Å². The van der Waals surface area contributed by atoms with Gasteiger partial charge in [0.05, 0.1) is 13.2 Å². The van der Waals surface area contributed by atoms with Crippen molar-refractivity contribution in [3.8, 4) is 5.75 Å². The molecule has 1 unspecified atom stereocenters. The van der Waals surface area contributed by atoms with Gasteiger partial charge in [-0.05, 0) is 56.0 Å². The van der Waals surface area contributed by atoms with E-state index in [1.54, 1.807) is 7.11 Å². The molecule has 0 aromatic heterocycles. The zero-order valence-corrected chi connectivity index (χ0v) is 16.3. The molecule has 5 heteroatoms. The van der Waals surface area contributed by atoms with Crippen LogP contribution in [-0.4, -0.2) is 51.2 Å². The van der Waals surface area contributed by atoms with Crippen molar-refractivity contribution in [3.63, 3.8) is 0 Å². The van der Waals surface area contributed by atoms with Gasteiger partial charge in [-0.3, -0.25) is 9.89 Å². The first kappa shape index (κ1) is 19.0. The first-order chi connectivity index (χ1) is 12.8. The maximum atomic E-state index is 5.32. The Morgan fingerprint density at radius 2 is 1.88 bits per heavy atom. The lowest BCUT2D eigenvalue weighted by Gasteiger charge is -2.35. The summed E-state index contributed by atoms with van der Waals surface area (Å²) in [5, 5.41) is 7.02. The van der Waals surface area contributed by atoms with Gasteiger partial charge in [0.15, 0.2) is 5.96 Å². The molecule has 5 nitrogen and oxygen atoms in total. The second-order valence-electron chi connectivity index (χ2n) is 7.50. The molecule has 1 saturated heterocycles. The van der Waals surface area contributed by atoms with Crippen LogP contribution in [0.5, 0.6) is 5.75 Å². The molecule has 2 aliphatic rings. The van der Waals surface area contributed by atoms with E-state index < -0.39 is 0 Å². The van der Waals surface area contributed by atoms with Crippen molar-refractivity contribution in [1.29, 1.82) is 0 Å². The van der Waals surface area contributed by atoms with Crippen LogP contribution in [0.4, 0.5) is 0 Å². The van der Waals surface area contributed by atoms with Crippen LogP contribution in [0.2, 0.25) is 0 Å². The fourth-order valence-electron chi connectivity index (χ4n) is 3.73.